The summed E-state index contributed by atoms with van der Waals surface area (Å²) in [5.41, 5.74) is 0.334. The van der Waals surface area contributed by atoms with E-state index in [9.17, 15) is 9.59 Å². The van der Waals surface area contributed by atoms with E-state index in [0.29, 0.717) is 11.6 Å². The van der Waals surface area contributed by atoms with Gasteiger partial charge >= 0.3 is 5.97 Å². The number of hydrogen-bond acceptors (Lipinski definition) is 3. The van der Waals surface area contributed by atoms with Gasteiger partial charge in [-0.2, -0.15) is 0 Å². The number of aliphatic carboxylic acids is 1. The standard InChI is InChI=1S/C10H8O4.Mn/c11-8(6-9(12)10(13)14)7-4-2-1-3-5-7;/h1-6,12H,(H,13,14);/b9-6-;. The molecule has 0 fully saturated rings. The molecular weight excluding hydrogens is 239 g/mol. The van der Waals surface area contributed by atoms with Crippen molar-refractivity contribution in [2.24, 2.45) is 0 Å². The molecule has 1 radical (unpaired) electrons. The zero-order valence-corrected chi connectivity index (χ0v) is 8.73. The maximum Gasteiger partial charge on any atom is 0.371 e. The molecule has 5 heteroatoms. The molecule has 0 unspecified atom stereocenters. The van der Waals surface area contributed by atoms with Crippen LogP contribution in [0.2, 0.25) is 0 Å². The molecule has 2 N–H and O–H groups in total. The van der Waals surface area contributed by atoms with Crippen LogP contribution >= 0.6 is 0 Å². The summed E-state index contributed by atoms with van der Waals surface area (Å²) in [5, 5.41) is 17.1. The van der Waals surface area contributed by atoms with Crippen LogP contribution in [0.25, 0.3) is 0 Å². The van der Waals surface area contributed by atoms with E-state index < -0.39 is 17.5 Å². The number of ketones is 1. The predicted molar refractivity (Wildman–Crippen MR) is 49.1 cm³/mol. The Bertz CT molecular complexity index is 384. The van der Waals surface area contributed by atoms with E-state index in [4.69, 9.17) is 10.2 Å². The van der Waals surface area contributed by atoms with Crippen molar-refractivity contribution in [3.05, 3.63) is 47.7 Å². The van der Waals surface area contributed by atoms with Crippen molar-refractivity contribution in [1.82, 2.24) is 0 Å². The third kappa shape index (κ3) is 3.97. The molecule has 15 heavy (non-hydrogen) atoms. The van der Waals surface area contributed by atoms with Crippen LogP contribution < -0.4 is 0 Å². The minimum absolute atomic E-state index is 0. The second kappa shape index (κ2) is 6.01. The fourth-order valence-electron chi connectivity index (χ4n) is 0.872. The van der Waals surface area contributed by atoms with Crippen molar-refractivity contribution in [2.45, 2.75) is 0 Å². The first kappa shape index (κ1) is 13.4. The predicted octanol–water partition coefficient (Wildman–Crippen LogP) is 1.39. The Balaban J connectivity index is 0.00000196. The van der Waals surface area contributed by atoms with Crippen molar-refractivity contribution in [3.8, 4) is 0 Å². The van der Waals surface area contributed by atoms with E-state index in [2.05, 4.69) is 0 Å². The fourth-order valence-corrected chi connectivity index (χ4v) is 0.872. The van der Waals surface area contributed by atoms with E-state index in [0.717, 1.165) is 0 Å². The molecule has 0 aliphatic rings. The van der Waals surface area contributed by atoms with E-state index in [-0.39, 0.29) is 17.1 Å². The van der Waals surface area contributed by atoms with Gasteiger partial charge in [0.05, 0.1) is 0 Å². The molecule has 0 aliphatic carbocycles. The maximum absolute atomic E-state index is 11.3. The Morgan fingerprint density at radius 3 is 2.07 bits per heavy atom. The fraction of sp³-hybridized carbons (Fsp3) is 0. The van der Waals surface area contributed by atoms with Gasteiger partial charge in [-0.1, -0.05) is 30.3 Å². The van der Waals surface area contributed by atoms with Gasteiger partial charge in [-0.15, -0.1) is 0 Å². The number of carboxylic acid groups (broad SMARTS) is 1. The summed E-state index contributed by atoms with van der Waals surface area (Å²) in [7, 11) is 0. The average molecular weight is 247 g/mol. The van der Waals surface area contributed by atoms with Gasteiger partial charge in [0.15, 0.2) is 5.78 Å². The molecule has 0 spiro atoms. The summed E-state index contributed by atoms with van der Waals surface area (Å²) in [6.45, 7) is 0. The topological polar surface area (TPSA) is 74.6 Å². The Morgan fingerprint density at radius 1 is 1.07 bits per heavy atom. The second-order valence-corrected chi connectivity index (χ2v) is 2.57. The molecule has 0 atom stereocenters. The first-order valence-corrected chi connectivity index (χ1v) is 3.84. The van der Waals surface area contributed by atoms with E-state index in [1.54, 1.807) is 18.2 Å². The molecule has 0 heterocycles. The molecule has 0 amide bonds. The maximum atomic E-state index is 11.3. The van der Waals surface area contributed by atoms with Crippen LogP contribution in [0.15, 0.2) is 42.2 Å². The van der Waals surface area contributed by atoms with Crippen LogP contribution in [0.3, 0.4) is 0 Å². The molecule has 0 saturated carbocycles. The summed E-state index contributed by atoms with van der Waals surface area (Å²) in [6.07, 6.45) is 0.678. The van der Waals surface area contributed by atoms with Crippen molar-refractivity contribution >= 4 is 11.8 Å². The Morgan fingerprint density at radius 2 is 1.60 bits per heavy atom. The molecule has 0 bridgehead atoms. The van der Waals surface area contributed by atoms with E-state index in [1.165, 1.54) is 12.1 Å². The van der Waals surface area contributed by atoms with Gasteiger partial charge in [0.1, 0.15) is 0 Å². The third-order valence-corrected chi connectivity index (χ3v) is 1.55. The van der Waals surface area contributed by atoms with Crippen LogP contribution in [0.5, 0.6) is 0 Å². The van der Waals surface area contributed by atoms with Crippen molar-refractivity contribution in [2.75, 3.05) is 0 Å². The summed E-state index contributed by atoms with van der Waals surface area (Å²) < 4.78 is 0. The van der Waals surface area contributed by atoms with Crippen molar-refractivity contribution in [1.29, 1.82) is 0 Å². The van der Waals surface area contributed by atoms with Gasteiger partial charge in [0.25, 0.3) is 0 Å². The van der Waals surface area contributed by atoms with Crippen LogP contribution in [-0.4, -0.2) is 22.0 Å². The quantitative estimate of drug-likeness (QED) is 0.366. The number of rotatable bonds is 3. The van der Waals surface area contributed by atoms with Gasteiger partial charge in [-0.25, -0.2) is 4.79 Å². The number of carbonyl (C=O) groups is 2. The van der Waals surface area contributed by atoms with Gasteiger partial charge < -0.3 is 10.2 Å². The van der Waals surface area contributed by atoms with Crippen LogP contribution in [0.1, 0.15) is 10.4 Å². The third-order valence-electron chi connectivity index (χ3n) is 1.55. The largest absolute Gasteiger partial charge is 0.502 e. The van der Waals surface area contributed by atoms with Gasteiger partial charge in [0, 0.05) is 28.7 Å². The van der Waals surface area contributed by atoms with Gasteiger partial charge in [-0.3, -0.25) is 4.79 Å². The van der Waals surface area contributed by atoms with E-state index >= 15 is 0 Å². The molecule has 4 nitrogen and oxygen atoms in total. The van der Waals surface area contributed by atoms with Gasteiger partial charge in [0.2, 0.25) is 5.76 Å². The molecule has 1 rings (SSSR count). The zero-order valence-electron chi connectivity index (χ0n) is 7.55. The zero-order chi connectivity index (χ0) is 10.6. The number of aliphatic hydroxyl groups excluding tert-OH is 1. The van der Waals surface area contributed by atoms with Crippen LogP contribution in [-0.2, 0) is 21.9 Å². The number of carboxylic acids is 1. The summed E-state index contributed by atoms with van der Waals surface area (Å²) in [5.74, 6) is -3.02. The first-order chi connectivity index (χ1) is 6.61. The average Bonchev–Trinajstić information content (AvgIpc) is 2.19. The van der Waals surface area contributed by atoms with Crippen molar-refractivity contribution < 1.29 is 36.9 Å². The number of hydrogen-bond donors (Lipinski definition) is 2. The number of benzene rings is 1. The SMILES string of the molecule is O=C(O)/C(O)=C/C(=O)c1ccccc1.[Mn]. The molecular formula is C10H8MnO4. The molecule has 0 aliphatic heterocycles. The minimum atomic E-state index is -1.52. The Kier molecular flexibility index (Phi) is 5.37. The molecule has 0 aromatic heterocycles. The monoisotopic (exact) mass is 247 g/mol. The number of carbonyl (C=O) groups excluding carboxylic acids is 1. The van der Waals surface area contributed by atoms with E-state index in [1.807, 2.05) is 0 Å². The molecule has 0 saturated heterocycles. The summed E-state index contributed by atoms with van der Waals surface area (Å²) in [4.78, 5) is 21.5. The second-order valence-electron chi connectivity index (χ2n) is 2.57. The summed E-state index contributed by atoms with van der Waals surface area (Å²) in [6, 6.07) is 8.11. The number of allylic oxidation sites excluding steroid dienone is 1. The normalized spacial score (nSPS) is 10.3. The van der Waals surface area contributed by atoms with Crippen LogP contribution in [0.4, 0.5) is 0 Å². The molecule has 1 aromatic carbocycles. The Labute approximate surface area is 96.7 Å². The first-order valence-electron chi connectivity index (χ1n) is 3.84. The Hall–Kier alpha value is -1.58. The number of aliphatic hydroxyl groups is 1. The molecule has 79 valence electrons. The van der Waals surface area contributed by atoms with Gasteiger partial charge in [-0.05, 0) is 0 Å². The minimum Gasteiger partial charge on any atom is -0.502 e. The molecule has 1 aromatic rings. The smallest absolute Gasteiger partial charge is 0.371 e. The summed E-state index contributed by atoms with van der Waals surface area (Å²) >= 11 is 0. The van der Waals surface area contributed by atoms with Crippen LogP contribution in [0, 0.1) is 0 Å². The van der Waals surface area contributed by atoms with Crippen molar-refractivity contribution in [3.63, 3.8) is 0 Å².